The van der Waals surface area contributed by atoms with Crippen LogP contribution in [0.4, 0.5) is 0 Å². The van der Waals surface area contributed by atoms with Crippen LogP contribution in [0.1, 0.15) is 136 Å². The fourth-order valence-electron chi connectivity index (χ4n) is 5.27. The molecule has 0 saturated carbocycles. The Morgan fingerprint density at radius 2 is 1.02 bits per heavy atom. The molecule has 8 nitrogen and oxygen atoms in total. The van der Waals surface area contributed by atoms with Crippen LogP contribution in [0.2, 0.25) is 0 Å². The van der Waals surface area contributed by atoms with Crippen LogP contribution in [0.5, 0.6) is 0 Å². The van der Waals surface area contributed by atoms with Crippen LogP contribution in [-0.2, 0) is 28.6 Å². The molecule has 0 aromatic heterocycles. The highest BCUT2D eigenvalue weighted by Crippen LogP contribution is 2.12. The maximum absolute atomic E-state index is 12.7. The van der Waals surface area contributed by atoms with Gasteiger partial charge in [-0.1, -0.05) is 112 Å². The number of likely N-dealkylation sites (N-methyl/N-ethyl adjacent to an activating group) is 1. The molecule has 0 heterocycles. The summed E-state index contributed by atoms with van der Waals surface area (Å²) in [5.74, 6) is -1.81. The third kappa shape index (κ3) is 32.7. The lowest BCUT2D eigenvalue weighted by Crippen LogP contribution is -2.55. The van der Waals surface area contributed by atoms with E-state index in [1.54, 1.807) is 21.1 Å². The van der Waals surface area contributed by atoms with Crippen molar-refractivity contribution in [1.29, 1.82) is 0 Å². The first kappa shape index (κ1) is 48.8. The fourth-order valence-corrected chi connectivity index (χ4v) is 5.27. The Bertz CT molecular complexity index is 1080. The second-order valence-corrected chi connectivity index (χ2v) is 14.1. The third-order valence-corrected chi connectivity index (χ3v) is 8.34. The molecule has 0 aliphatic heterocycles. The van der Waals surface area contributed by atoms with Crippen molar-refractivity contribution in [3.8, 4) is 0 Å². The topological polar surface area (TPSA) is 102 Å². The van der Waals surface area contributed by atoms with Gasteiger partial charge in [0.25, 0.3) is 0 Å². The predicted octanol–water partition coefficient (Wildman–Crippen LogP) is 9.07. The number of esters is 2. The quantitative estimate of drug-likeness (QED) is 0.0282. The Hall–Kier alpha value is -3.23. The third-order valence-electron chi connectivity index (χ3n) is 8.34. The summed E-state index contributed by atoms with van der Waals surface area (Å²) in [6, 6.07) is -0.735. The number of carboxylic acids is 1. The van der Waals surface area contributed by atoms with Crippen LogP contribution in [0.3, 0.4) is 0 Å². The summed E-state index contributed by atoms with van der Waals surface area (Å²) in [6.45, 7) is 4.34. The molecule has 0 aromatic carbocycles. The van der Waals surface area contributed by atoms with E-state index in [0.29, 0.717) is 12.8 Å². The molecule has 0 rings (SSSR count). The van der Waals surface area contributed by atoms with Crippen molar-refractivity contribution in [1.82, 2.24) is 0 Å². The monoisotopic (exact) mass is 728 g/mol. The number of nitrogens with zero attached hydrogens (tertiary/aromatic N) is 1. The first-order chi connectivity index (χ1) is 25.1. The molecule has 0 radical (unpaired) electrons. The second-order valence-electron chi connectivity index (χ2n) is 14.1. The lowest BCUT2D eigenvalue weighted by atomic mass is 10.1. The molecule has 0 aliphatic rings. The molecule has 296 valence electrons. The van der Waals surface area contributed by atoms with E-state index in [-0.39, 0.29) is 42.7 Å². The zero-order chi connectivity index (χ0) is 38.5. The van der Waals surface area contributed by atoms with Crippen LogP contribution in [0.25, 0.3) is 0 Å². The summed E-state index contributed by atoms with van der Waals surface area (Å²) in [7, 11) is 5.37. The van der Waals surface area contributed by atoms with Gasteiger partial charge in [0.05, 0.1) is 40.3 Å². The Balaban J connectivity index is 4.41. The Morgan fingerprint density at radius 1 is 0.577 bits per heavy atom. The second kappa shape index (κ2) is 34.8. The minimum atomic E-state index is -1.14. The van der Waals surface area contributed by atoms with Crippen molar-refractivity contribution in [3.05, 3.63) is 72.9 Å². The van der Waals surface area contributed by atoms with Gasteiger partial charge in [0.15, 0.2) is 6.10 Å². The minimum Gasteiger partial charge on any atom is -0.544 e. The molecule has 0 fully saturated rings. The first-order valence-corrected chi connectivity index (χ1v) is 20.0. The molecule has 0 N–H and O–H groups in total. The average Bonchev–Trinajstić information content (AvgIpc) is 3.09. The van der Waals surface area contributed by atoms with Crippen molar-refractivity contribution >= 4 is 17.9 Å². The van der Waals surface area contributed by atoms with E-state index in [2.05, 4.69) is 86.8 Å². The molecule has 8 heteroatoms. The van der Waals surface area contributed by atoms with Crippen molar-refractivity contribution in [3.63, 3.8) is 0 Å². The van der Waals surface area contributed by atoms with E-state index in [0.717, 1.165) is 89.9 Å². The highest BCUT2D eigenvalue weighted by atomic mass is 16.6. The summed E-state index contributed by atoms with van der Waals surface area (Å²) in [5.41, 5.74) is 0. The van der Waals surface area contributed by atoms with Gasteiger partial charge >= 0.3 is 11.9 Å². The smallest absolute Gasteiger partial charge is 0.306 e. The van der Waals surface area contributed by atoms with Gasteiger partial charge in [-0.05, 0) is 77.0 Å². The fraction of sp³-hybridized carbons (Fsp3) is 0.659. The molecule has 0 aliphatic carbocycles. The summed E-state index contributed by atoms with van der Waals surface area (Å²) < 4.78 is 17.0. The molecule has 52 heavy (non-hydrogen) atoms. The van der Waals surface area contributed by atoms with Gasteiger partial charge in [-0.15, -0.1) is 0 Å². The van der Waals surface area contributed by atoms with E-state index < -0.39 is 18.1 Å². The van der Waals surface area contributed by atoms with Gasteiger partial charge in [0, 0.05) is 19.3 Å². The van der Waals surface area contributed by atoms with Crippen LogP contribution in [0, 0.1) is 0 Å². The highest BCUT2D eigenvalue weighted by molar-refractivity contribution is 5.70. The normalized spacial score (nSPS) is 13.8. The number of quaternary nitrogens is 1. The van der Waals surface area contributed by atoms with Crippen molar-refractivity contribution < 1.29 is 38.2 Å². The maximum atomic E-state index is 12.7. The van der Waals surface area contributed by atoms with Crippen molar-refractivity contribution in [2.75, 3.05) is 41.0 Å². The van der Waals surface area contributed by atoms with Gasteiger partial charge in [0.2, 0.25) is 0 Å². The summed E-state index contributed by atoms with van der Waals surface area (Å²) in [4.78, 5) is 36.6. The van der Waals surface area contributed by atoms with Crippen molar-refractivity contribution in [2.24, 2.45) is 0 Å². The molecule has 0 spiro atoms. The minimum absolute atomic E-state index is 0.0203. The van der Waals surface area contributed by atoms with Crippen LogP contribution >= 0.6 is 0 Å². The van der Waals surface area contributed by atoms with E-state index in [9.17, 15) is 19.5 Å². The zero-order valence-electron chi connectivity index (χ0n) is 33.4. The Kier molecular flexibility index (Phi) is 32.7. The van der Waals surface area contributed by atoms with Crippen LogP contribution < -0.4 is 5.11 Å². The number of aliphatic carboxylic acids is 1. The first-order valence-electron chi connectivity index (χ1n) is 20.0. The molecular formula is C44H73NO7. The number of rotatable bonds is 34. The van der Waals surface area contributed by atoms with E-state index in [1.165, 1.54) is 12.8 Å². The molecular weight excluding hydrogens is 654 g/mol. The lowest BCUT2D eigenvalue weighted by molar-refractivity contribution is -0.889. The largest absolute Gasteiger partial charge is 0.544 e. The zero-order valence-corrected chi connectivity index (χ0v) is 33.4. The van der Waals surface area contributed by atoms with Gasteiger partial charge in [-0.3, -0.25) is 9.59 Å². The SMILES string of the molecule is CC/C=C/C/C=C/C/C=C/C/C=C/CCCCCCCCC(=O)OC(COCCC(C(=O)[O-])[N+](C)(C)C)COC(=O)CCCC/C=C/C/C=C/CC. The predicted molar refractivity (Wildman–Crippen MR) is 212 cm³/mol. The Labute approximate surface area is 317 Å². The number of ether oxygens (including phenoxy) is 3. The van der Waals surface area contributed by atoms with Crippen LogP contribution in [0.15, 0.2) is 72.9 Å². The number of unbranched alkanes of at least 4 members (excludes halogenated alkanes) is 8. The number of allylic oxidation sites excluding steroid dienone is 12. The molecule has 0 aromatic rings. The molecule has 2 atom stereocenters. The standard InChI is InChI=1S/C44H73NO7/c1-6-8-10-12-14-16-17-18-19-20-21-22-23-24-25-27-29-31-33-35-43(47)52-40(38-50-37-36-41(44(48)49)45(3,4)5)39-51-42(46)34-32-30-28-26-15-13-11-9-7-2/h8-11,14-16,18-19,21-22,26,40-41H,6-7,12-13,17,20,23-25,27-39H2,1-5H3/b10-8+,11-9+,16-14+,19-18+,22-21+,26-15+. The van der Waals surface area contributed by atoms with Gasteiger partial charge in [-0.25, -0.2) is 0 Å². The number of hydrogen-bond acceptors (Lipinski definition) is 7. The van der Waals surface area contributed by atoms with Gasteiger partial charge in [-0.2, -0.15) is 0 Å². The molecule has 0 saturated heterocycles. The van der Waals surface area contributed by atoms with E-state index in [4.69, 9.17) is 14.2 Å². The highest BCUT2D eigenvalue weighted by Gasteiger charge is 2.25. The molecule has 0 bridgehead atoms. The number of carbonyl (C=O) groups is 3. The van der Waals surface area contributed by atoms with Gasteiger partial charge in [0.1, 0.15) is 12.6 Å². The summed E-state index contributed by atoms with van der Waals surface area (Å²) in [5, 5.41) is 11.6. The van der Waals surface area contributed by atoms with Crippen molar-refractivity contribution in [2.45, 2.75) is 148 Å². The maximum Gasteiger partial charge on any atom is 0.306 e. The number of carbonyl (C=O) groups excluding carboxylic acids is 3. The van der Waals surface area contributed by atoms with Crippen LogP contribution in [-0.4, -0.2) is 75.5 Å². The van der Waals surface area contributed by atoms with Gasteiger partial charge < -0.3 is 28.6 Å². The van der Waals surface area contributed by atoms with E-state index >= 15 is 0 Å². The number of carboxylic acid groups (broad SMARTS) is 1. The summed E-state index contributed by atoms with van der Waals surface area (Å²) >= 11 is 0. The van der Waals surface area contributed by atoms with E-state index in [1.807, 2.05) is 0 Å². The average molecular weight is 728 g/mol. The summed E-state index contributed by atoms with van der Waals surface area (Å²) in [6.07, 6.45) is 42.3. The lowest BCUT2D eigenvalue weighted by Gasteiger charge is -2.34. The number of hydrogen-bond donors (Lipinski definition) is 0. The molecule has 0 amide bonds. The molecule has 2 unspecified atom stereocenters. The Morgan fingerprint density at radius 3 is 1.54 bits per heavy atom.